The number of hydrogen-bond donors (Lipinski definition) is 1. The van der Waals surface area contributed by atoms with Crippen molar-refractivity contribution in [3.8, 4) is 0 Å². The van der Waals surface area contributed by atoms with Gasteiger partial charge in [0.25, 0.3) is 15.7 Å². The van der Waals surface area contributed by atoms with Gasteiger partial charge in [0.05, 0.1) is 4.92 Å². The van der Waals surface area contributed by atoms with Gasteiger partial charge in [-0.3, -0.25) is 10.1 Å². The quantitative estimate of drug-likeness (QED) is 0.648. The molecule has 1 N–H and O–H groups in total. The molecule has 10 heteroatoms. The summed E-state index contributed by atoms with van der Waals surface area (Å²) < 4.78 is 26.3. The molecular weight excluding hydrogens is 356 g/mol. The number of halogens is 1. The molecule has 0 unspecified atom stereocenters. The van der Waals surface area contributed by atoms with E-state index in [1.165, 1.54) is 11.3 Å². The summed E-state index contributed by atoms with van der Waals surface area (Å²) in [4.78, 5) is 12.0. The minimum Gasteiger partial charge on any atom is -0.258 e. The number of thiophene rings is 2. The summed E-state index contributed by atoms with van der Waals surface area (Å²) in [5.74, 6) is 0. The van der Waals surface area contributed by atoms with Crippen LogP contribution in [0.3, 0.4) is 0 Å². The van der Waals surface area contributed by atoms with Gasteiger partial charge in [0.2, 0.25) is 0 Å². The van der Waals surface area contributed by atoms with E-state index >= 15 is 0 Å². The first kappa shape index (κ1) is 16.4. The van der Waals surface area contributed by atoms with Crippen molar-refractivity contribution >= 4 is 50.0 Å². The van der Waals surface area contributed by atoms with Crippen molar-refractivity contribution in [1.82, 2.24) is 4.72 Å². The van der Waals surface area contributed by atoms with Crippen LogP contribution in [0.2, 0.25) is 4.34 Å². The van der Waals surface area contributed by atoms with Gasteiger partial charge in [-0.05, 0) is 25.5 Å². The standard InChI is InChI=1S/C11H11ClN2O4S3/c1-6-3-8(19-7(6)2)5-13-21(17,18)10-4-9(14(15)16)11(12)20-10/h3-4,13H,5H2,1-2H3. The van der Waals surface area contributed by atoms with Crippen LogP contribution >= 0.6 is 34.3 Å². The van der Waals surface area contributed by atoms with Gasteiger partial charge < -0.3 is 0 Å². The molecule has 0 aliphatic rings. The fraction of sp³-hybridized carbons (Fsp3) is 0.273. The summed E-state index contributed by atoms with van der Waals surface area (Å²) in [6.07, 6.45) is 0. The van der Waals surface area contributed by atoms with Crippen LogP contribution < -0.4 is 4.72 Å². The zero-order valence-corrected chi connectivity index (χ0v) is 14.3. The highest BCUT2D eigenvalue weighted by molar-refractivity contribution is 7.91. The lowest BCUT2D eigenvalue weighted by atomic mass is 10.3. The molecule has 0 atom stereocenters. The van der Waals surface area contributed by atoms with E-state index in [0.29, 0.717) is 11.3 Å². The normalized spacial score (nSPS) is 11.8. The first-order valence-corrected chi connectivity index (χ1v) is 9.19. The second-order valence-electron chi connectivity index (χ2n) is 4.26. The highest BCUT2D eigenvalue weighted by Crippen LogP contribution is 2.36. The highest BCUT2D eigenvalue weighted by atomic mass is 35.5. The van der Waals surface area contributed by atoms with E-state index in [2.05, 4.69) is 4.72 Å². The molecule has 0 bridgehead atoms. The predicted molar refractivity (Wildman–Crippen MR) is 83.8 cm³/mol. The Hall–Kier alpha value is -1.00. The summed E-state index contributed by atoms with van der Waals surface area (Å²) in [7, 11) is -3.81. The molecule has 21 heavy (non-hydrogen) atoms. The largest absolute Gasteiger partial charge is 0.300 e. The van der Waals surface area contributed by atoms with E-state index in [4.69, 9.17) is 11.6 Å². The molecule has 2 heterocycles. The monoisotopic (exact) mass is 366 g/mol. The molecule has 2 rings (SSSR count). The summed E-state index contributed by atoms with van der Waals surface area (Å²) in [5.41, 5.74) is 0.703. The van der Waals surface area contributed by atoms with Crippen LogP contribution in [0.1, 0.15) is 15.3 Å². The lowest BCUT2D eigenvalue weighted by Gasteiger charge is -2.02. The molecule has 0 aromatic carbocycles. The third-order valence-electron chi connectivity index (χ3n) is 2.76. The number of nitrogens with zero attached hydrogens (tertiary/aromatic N) is 1. The Morgan fingerprint density at radius 2 is 2.00 bits per heavy atom. The molecule has 0 aliphatic carbocycles. The SMILES string of the molecule is Cc1cc(CNS(=O)(=O)c2cc([N+](=O)[O-])c(Cl)s2)sc1C. The van der Waals surface area contributed by atoms with Crippen LogP contribution in [-0.4, -0.2) is 13.3 Å². The number of aryl methyl sites for hydroxylation is 2. The molecule has 2 aromatic rings. The summed E-state index contributed by atoms with van der Waals surface area (Å²) in [5, 5.41) is 10.7. The molecule has 0 fully saturated rings. The first-order valence-electron chi connectivity index (χ1n) is 5.70. The van der Waals surface area contributed by atoms with Crippen LogP contribution in [0.4, 0.5) is 5.69 Å². The Morgan fingerprint density at radius 1 is 1.33 bits per heavy atom. The van der Waals surface area contributed by atoms with Gasteiger partial charge in [-0.15, -0.1) is 22.7 Å². The zero-order chi connectivity index (χ0) is 15.8. The average molecular weight is 367 g/mol. The van der Waals surface area contributed by atoms with Gasteiger partial charge in [-0.1, -0.05) is 11.6 Å². The Kier molecular flexibility index (Phi) is 4.69. The van der Waals surface area contributed by atoms with Gasteiger partial charge in [0, 0.05) is 22.4 Å². The maximum absolute atomic E-state index is 12.1. The Bertz CT molecular complexity index is 775. The van der Waals surface area contributed by atoms with Crippen molar-refractivity contribution in [2.75, 3.05) is 0 Å². The minimum atomic E-state index is -3.81. The maximum atomic E-state index is 12.1. The average Bonchev–Trinajstić information content (AvgIpc) is 2.92. The van der Waals surface area contributed by atoms with E-state index < -0.39 is 20.6 Å². The van der Waals surface area contributed by atoms with E-state index in [1.807, 2.05) is 19.9 Å². The van der Waals surface area contributed by atoms with Crippen LogP contribution in [0.15, 0.2) is 16.3 Å². The van der Waals surface area contributed by atoms with Crippen molar-refractivity contribution in [2.45, 2.75) is 24.6 Å². The van der Waals surface area contributed by atoms with Crippen LogP contribution in [0.5, 0.6) is 0 Å². The second-order valence-corrected chi connectivity index (χ2v) is 9.25. The number of hydrogen-bond acceptors (Lipinski definition) is 6. The molecule has 2 aromatic heterocycles. The molecular formula is C11H11ClN2O4S3. The number of sulfonamides is 1. The van der Waals surface area contributed by atoms with Crippen molar-refractivity contribution in [1.29, 1.82) is 0 Å². The molecule has 114 valence electrons. The Morgan fingerprint density at radius 3 is 2.48 bits per heavy atom. The van der Waals surface area contributed by atoms with E-state index in [9.17, 15) is 18.5 Å². The van der Waals surface area contributed by atoms with Gasteiger partial charge in [0.15, 0.2) is 4.34 Å². The van der Waals surface area contributed by atoms with Crippen LogP contribution in [0, 0.1) is 24.0 Å². The van der Waals surface area contributed by atoms with Gasteiger partial charge in [-0.2, -0.15) is 0 Å². The topological polar surface area (TPSA) is 89.3 Å². The van der Waals surface area contributed by atoms with Crippen LogP contribution in [0.25, 0.3) is 0 Å². The molecule has 0 aliphatic heterocycles. The van der Waals surface area contributed by atoms with Crippen molar-refractivity contribution < 1.29 is 13.3 Å². The van der Waals surface area contributed by atoms with E-state index in [0.717, 1.165) is 21.4 Å². The first-order chi connectivity index (χ1) is 9.70. The minimum absolute atomic E-state index is 0.144. The van der Waals surface area contributed by atoms with Gasteiger partial charge in [-0.25, -0.2) is 13.1 Å². The number of rotatable bonds is 5. The molecule has 0 spiro atoms. The fourth-order valence-electron chi connectivity index (χ4n) is 1.57. The third-order valence-corrected chi connectivity index (χ3v) is 7.13. The molecule has 0 saturated heterocycles. The number of nitrogens with one attached hydrogen (secondary N) is 1. The van der Waals surface area contributed by atoms with Gasteiger partial charge >= 0.3 is 0 Å². The molecule has 6 nitrogen and oxygen atoms in total. The highest BCUT2D eigenvalue weighted by Gasteiger charge is 2.25. The Balaban J connectivity index is 2.18. The lowest BCUT2D eigenvalue weighted by Crippen LogP contribution is -2.21. The molecule has 0 radical (unpaired) electrons. The second kappa shape index (κ2) is 6.01. The Labute approximate surface area is 134 Å². The van der Waals surface area contributed by atoms with E-state index in [-0.39, 0.29) is 15.1 Å². The summed E-state index contributed by atoms with van der Waals surface area (Å²) in [6, 6.07) is 2.88. The molecule has 0 saturated carbocycles. The number of nitro groups is 1. The zero-order valence-electron chi connectivity index (χ0n) is 11.0. The summed E-state index contributed by atoms with van der Waals surface area (Å²) in [6.45, 7) is 4.05. The molecule has 0 amide bonds. The fourth-order valence-corrected chi connectivity index (χ4v) is 5.37. The van der Waals surface area contributed by atoms with Gasteiger partial charge in [0.1, 0.15) is 4.21 Å². The van der Waals surface area contributed by atoms with Crippen molar-refractivity contribution in [3.05, 3.63) is 41.9 Å². The smallest absolute Gasteiger partial charge is 0.258 e. The predicted octanol–water partition coefficient (Wildman–Crippen LogP) is 3.47. The van der Waals surface area contributed by atoms with Crippen molar-refractivity contribution in [3.63, 3.8) is 0 Å². The third kappa shape index (κ3) is 3.61. The lowest BCUT2D eigenvalue weighted by molar-refractivity contribution is -0.384. The van der Waals surface area contributed by atoms with E-state index in [1.54, 1.807) is 0 Å². The van der Waals surface area contributed by atoms with Crippen molar-refractivity contribution in [2.24, 2.45) is 0 Å². The summed E-state index contributed by atoms with van der Waals surface area (Å²) >= 11 is 7.85. The maximum Gasteiger partial charge on any atom is 0.300 e. The van der Waals surface area contributed by atoms with Crippen LogP contribution in [-0.2, 0) is 16.6 Å².